The molecule has 6 N–H and O–H groups in total. The highest BCUT2D eigenvalue weighted by molar-refractivity contribution is 7.89. The summed E-state index contributed by atoms with van der Waals surface area (Å²) >= 11 is 0. The van der Waals surface area contributed by atoms with Crippen molar-refractivity contribution in [3.05, 3.63) is 100 Å². The first kappa shape index (κ1) is 20.8. The zero-order valence-corrected chi connectivity index (χ0v) is 19.5. The molecule has 1 heterocycles. The number of hydrogen-bond donors (Lipinski definition) is 3. The van der Waals surface area contributed by atoms with Crippen LogP contribution < -0.4 is 21.3 Å². The minimum absolute atomic E-state index is 0.0624. The van der Waals surface area contributed by atoms with E-state index in [4.69, 9.17) is 21.3 Å². The van der Waals surface area contributed by atoms with Crippen LogP contribution in [0.3, 0.4) is 0 Å². The monoisotopic (exact) mass is 469 g/mol. The van der Waals surface area contributed by atoms with Crippen molar-refractivity contribution in [1.82, 2.24) is 0 Å². The molecular formula is C27H23N3O3S. The van der Waals surface area contributed by atoms with Gasteiger partial charge in [-0.3, -0.25) is 0 Å². The highest BCUT2D eigenvalue weighted by Crippen LogP contribution is 2.63. The number of benzene rings is 4. The average molecular weight is 470 g/mol. The smallest absolute Gasteiger partial charge is 0.238 e. The summed E-state index contributed by atoms with van der Waals surface area (Å²) in [6.45, 7) is 3.86. The van der Waals surface area contributed by atoms with Crippen LogP contribution in [0.25, 0.3) is 11.1 Å². The van der Waals surface area contributed by atoms with Crippen molar-refractivity contribution in [2.75, 3.05) is 11.5 Å². The maximum atomic E-state index is 12.4. The van der Waals surface area contributed by atoms with Crippen LogP contribution in [0.4, 0.5) is 11.4 Å². The van der Waals surface area contributed by atoms with Crippen molar-refractivity contribution < 1.29 is 13.2 Å². The van der Waals surface area contributed by atoms with E-state index in [1.807, 2.05) is 56.3 Å². The predicted octanol–water partition coefficient (Wildman–Crippen LogP) is 4.58. The quantitative estimate of drug-likeness (QED) is 0.304. The van der Waals surface area contributed by atoms with Crippen molar-refractivity contribution >= 4 is 21.4 Å². The number of rotatable bonds is 1. The topological polar surface area (TPSA) is 121 Å². The van der Waals surface area contributed by atoms with Crippen molar-refractivity contribution in [1.29, 1.82) is 0 Å². The van der Waals surface area contributed by atoms with Gasteiger partial charge in [-0.05, 0) is 60.4 Å². The average Bonchev–Trinajstić information content (AvgIpc) is 3.10. The summed E-state index contributed by atoms with van der Waals surface area (Å²) in [6.07, 6.45) is 0. The lowest BCUT2D eigenvalue weighted by molar-refractivity contribution is 0.430. The SMILES string of the molecule is Cc1c(N)ccc2c1Oc1c(ccc(N)c1C)C21c2ccccc2-c2ccc(S(N)(=O)=O)cc21. The molecule has 2 aliphatic rings. The van der Waals surface area contributed by atoms with Crippen LogP contribution in [-0.2, 0) is 15.4 Å². The maximum absolute atomic E-state index is 12.4. The molecule has 0 aromatic heterocycles. The normalized spacial score (nSPS) is 14.7. The summed E-state index contributed by atoms with van der Waals surface area (Å²) in [6, 6.07) is 20.9. The largest absolute Gasteiger partial charge is 0.456 e. The molecule has 170 valence electrons. The Balaban J connectivity index is 1.87. The Labute approximate surface area is 198 Å². The van der Waals surface area contributed by atoms with E-state index in [0.29, 0.717) is 22.9 Å². The molecular weight excluding hydrogens is 446 g/mol. The molecule has 0 amide bonds. The molecule has 7 heteroatoms. The second-order valence-corrected chi connectivity index (χ2v) is 10.5. The molecule has 6 rings (SSSR count). The van der Waals surface area contributed by atoms with E-state index >= 15 is 0 Å². The van der Waals surface area contributed by atoms with Gasteiger partial charge in [-0.15, -0.1) is 0 Å². The van der Waals surface area contributed by atoms with E-state index in [-0.39, 0.29) is 4.90 Å². The van der Waals surface area contributed by atoms with Crippen molar-refractivity contribution in [2.24, 2.45) is 5.14 Å². The van der Waals surface area contributed by atoms with E-state index in [1.54, 1.807) is 12.1 Å². The number of nitrogens with two attached hydrogens (primary N) is 3. The van der Waals surface area contributed by atoms with Gasteiger partial charge in [-0.1, -0.05) is 42.5 Å². The van der Waals surface area contributed by atoms with Gasteiger partial charge in [0.2, 0.25) is 10.0 Å². The number of anilines is 2. The summed E-state index contributed by atoms with van der Waals surface area (Å²) in [5.74, 6) is 1.31. The van der Waals surface area contributed by atoms with Crippen LogP contribution in [0.1, 0.15) is 33.4 Å². The number of sulfonamides is 1. The highest BCUT2D eigenvalue weighted by atomic mass is 32.2. The number of primary sulfonamides is 1. The Morgan fingerprint density at radius 1 is 0.706 bits per heavy atom. The molecule has 4 aromatic rings. The van der Waals surface area contributed by atoms with Gasteiger partial charge in [0.15, 0.2) is 0 Å². The summed E-state index contributed by atoms with van der Waals surface area (Å²) in [5.41, 5.74) is 20.3. The number of nitrogen functional groups attached to an aromatic ring is 2. The standard InChI is InChI=1S/C27H23N3O3S/c1-14-23(28)11-9-20-25(14)33-26-15(2)24(29)12-10-21(26)27(20)19-6-4-3-5-17(19)18-8-7-16(13-22(18)27)34(30,31)32/h3-13H,28-29H2,1-2H3,(H2,30,31,32). The van der Waals surface area contributed by atoms with Gasteiger partial charge >= 0.3 is 0 Å². The Morgan fingerprint density at radius 3 is 1.85 bits per heavy atom. The third kappa shape index (κ3) is 2.45. The van der Waals surface area contributed by atoms with Crippen LogP contribution in [0.5, 0.6) is 11.5 Å². The molecule has 0 unspecified atom stereocenters. The molecule has 0 saturated carbocycles. The van der Waals surface area contributed by atoms with Gasteiger partial charge in [0.25, 0.3) is 0 Å². The van der Waals surface area contributed by atoms with Crippen molar-refractivity contribution in [3.63, 3.8) is 0 Å². The minimum atomic E-state index is -3.92. The zero-order valence-electron chi connectivity index (χ0n) is 18.7. The lowest BCUT2D eigenvalue weighted by Crippen LogP contribution is -2.33. The van der Waals surface area contributed by atoms with Gasteiger partial charge in [-0.2, -0.15) is 0 Å². The molecule has 0 radical (unpaired) electrons. The first-order valence-electron chi connectivity index (χ1n) is 10.9. The molecule has 0 saturated heterocycles. The first-order valence-corrected chi connectivity index (χ1v) is 12.4. The Kier molecular flexibility index (Phi) is 4.05. The fourth-order valence-electron chi connectivity index (χ4n) is 5.53. The Hall–Kier alpha value is -3.81. The van der Waals surface area contributed by atoms with Crippen LogP contribution in [0.15, 0.2) is 71.6 Å². The van der Waals surface area contributed by atoms with E-state index in [0.717, 1.165) is 44.5 Å². The number of hydrogen-bond acceptors (Lipinski definition) is 5. The Morgan fingerprint density at radius 2 is 1.26 bits per heavy atom. The third-order valence-electron chi connectivity index (χ3n) is 7.25. The van der Waals surface area contributed by atoms with E-state index < -0.39 is 15.4 Å². The van der Waals surface area contributed by atoms with E-state index in [2.05, 4.69) is 12.1 Å². The molecule has 1 aliphatic carbocycles. The van der Waals surface area contributed by atoms with E-state index in [9.17, 15) is 8.42 Å². The minimum Gasteiger partial charge on any atom is -0.456 e. The second kappa shape index (κ2) is 6.62. The summed E-state index contributed by atoms with van der Waals surface area (Å²) in [5, 5.41) is 5.57. The number of ether oxygens (including phenoxy) is 1. The molecule has 0 atom stereocenters. The lowest BCUT2D eigenvalue weighted by Gasteiger charge is -2.41. The number of fused-ring (bicyclic) bond motifs is 9. The van der Waals surface area contributed by atoms with Crippen LogP contribution in [0, 0.1) is 13.8 Å². The van der Waals surface area contributed by atoms with Crippen molar-refractivity contribution in [3.8, 4) is 22.6 Å². The molecule has 1 aliphatic heterocycles. The van der Waals surface area contributed by atoms with Gasteiger partial charge < -0.3 is 16.2 Å². The first-order chi connectivity index (χ1) is 16.2. The molecule has 0 fully saturated rings. The fourth-order valence-corrected chi connectivity index (χ4v) is 6.07. The van der Waals surface area contributed by atoms with Gasteiger partial charge in [0, 0.05) is 33.6 Å². The fraction of sp³-hybridized carbons (Fsp3) is 0.111. The van der Waals surface area contributed by atoms with Gasteiger partial charge in [0.1, 0.15) is 11.5 Å². The zero-order chi connectivity index (χ0) is 24.0. The van der Waals surface area contributed by atoms with Crippen LogP contribution in [-0.4, -0.2) is 8.42 Å². The lowest BCUT2D eigenvalue weighted by atomic mass is 9.65. The molecule has 4 aromatic carbocycles. The Bertz CT molecular complexity index is 1600. The molecule has 0 bridgehead atoms. The summed E-state index contributed by atoms with van der Waals surface area (Å²) in [7, 11) is -3.92. The van der Waals surface area contributed by atoms with Crippen LogP contribution >= 0.6 is 0 Å². The van der Waals surface area contributed by atoms with Crippen LogP contribution in [0.2, 0.25) is 0 Å². The highest BCUT2D eigenvalue weighted by Gasteiger charge is 2.52. The molecule has 34 heavy (non-hydrogen) atoms. The van der Waals surface area contributed by atoms with Gasteiger partial charge in [0.05, 0.1) is 10.3 Å². The summed E-state index contributed by atoms with van der Waals surface area (Å²) in [4.78, 5) is 0.0624. The molecule has 6 nitrogen and oxygen atoms in total. The second-order valence-electron chi connectivity index (χ2n) is 8.96. The summed E-state index contributed by atoms with van der Waals surface area (Å²) < 4.78 is 31.3. The van der Waals surface area contributed by atoms with Gasteiger partial charge in [-0.25, -0.2) is 13.6 Å². The molecule has 1 spiro atoms. The maximum Gasteiger partial charge on any atom is 0.238 e. The van der Waals surface area contributed by atoms with Crippen molar-refractivity contribution in [2.45, 2.75) is 24.2 Å². The third-order valence-corrected chi connectivity index (χ3v) is 8.16. The predicted molar refractivity (Wildman–Crippen MR) is 133 cm³/mol. The van der Waals surface area contributed by atoms with E-state index in [1.165, 1.54) is 0 Å².